The number of ether oxygens (including phenoxy) is 1. The standard InChI is InChI=1S/C24H22IN3O3/c1-4-30-21-8-9-22-17(11-21)12-23(31-22)24(29)27-26-14-18-10-15(2)28(16(18)3)20-7-5-6-19(25)13-20/h5-14H,4H2,1-3H3,(H,27,29)/b26-14+. The molecule has 0 aliphatic carbocycles. The minimum absolute atomic E-state index is 0.199. The van der Waals surface area contributed by atoms with Gasteiger partial charge in [-0.1, -0.05) is 6.07 Å². The van der Waals surface area contributed by atoms with E-state index >= 15 is 0 Å². The molecule has 0 radical (unpaired) electrons. The Hall–Kier alpha value is -3.07. The van der Waals surface area contributed by atoms with Crippen LogP contribution in [0.3, 0.4) is 0 Å². The summed E-state index contributed by atoms with van der Waals surface area (Å²) in [6.07, 6.45) is 1.65. The highest BCUT2D eigenvalue weighted by Crippen LogP contribution is 2.24. The first-order valence-corrected chi connectivity index (χ1v) is 11.0. The molecule has 0 atom stereocenters. The summed E-state index contributed by atoms with van der Waals surface area (Å²) in [7, 11) is 0. The summed E-state index contributed by atoms with van der Waals surface area (Å²) in [5, 5.41) is 4.94. The van der Waals surface area contributed by atoms with Crippen molar-refractivity contribution in [3.63, 3.8) is 0 Å². The van der Waals surface area contributed by atoms with Crippen LogP contribution in [0.15, 0.2) is 64.1 Å². The summed E-state index contributed by atoms with van der Waals surface area (Å²) in [5.74, 6) is 0.534. The van der Waals surface area contributed by atoms with Crippen LogP contribution in [0.2, 0.25) is 0 Å². The van der Waals surface area contributed by atoms with E-state index in [-0.39, 0.29) is 5.76 Å². The molecular weight excluding hydrogens is 505 g/mol. The van der Waals surface area contributed by atoms with Crippen molar-refractivity contribution in [2.45, 2.75) is 20.8 Å². The Morgan fingerprint density at radius 3 is 2.81 bits per heavy atom. The molecule has 0 saturated carbocycles. The van der Waals surface area contributed by atoms with E-state index in [0.29, 0.717) is 12.2 Å². The second-order valence-corrected chi connectivity index (χ2v) is 8.33. The number of aromatic nitrogens is 1. The quantitative estimate of drug-likeness (QED) is 0.202. The molecule has 0 unspecified atom stereocenters. The molecule has 2 heterocycles. The van der Waals surface area contributed by atoms with Crippen LogP contribution in [0.25, 0.3) is 16.7 Å². The fourth-order valence-corrected chi connectivity index (χ4v) is 4.06. The highest BCUT2D eigenvalue weighted by atomic mass is 127. The number of fused-ring (bicyclic) bond motifs is 1. The first-order chi connectivity index (χ1) is 15.0. The van der Waals surface area contributed by atoms with Gasteiger partial charge in [-0.3, -0.25) is 4.79 Å². The zero-order chi connectivity index (χ0) is 22.0. The molecule has 0 aliphatic heterocycles. The predicted molar refractivity (Wildman–Crippen MR) is 130 cm³/mol. The molecule has 158 valence electrons. The van der Waals surface area contributed by atoms with Gasteiger partial charge in [-0.15, -0.1) is 0 Å². The van der Waals surface area contributed by atoms with Crippen molar-refractivity contribution in [2.75, 3.05) is 6.61 Å². The monoisotopic (exact) mass is 527 g/mol. The number of hydrazone groups is 1. The van der Waals surface area contributed by atoms with Crippen molar-refractivity contribution in [3.05, 3.63) is 80.9 Å². The van der Waals surface area contributed by atoms with Crippen molar-refractivity contribution >= 4 is 45.7 Å². The molecule has 0 spiro atoms. The van der Waals surface area contributed by atoms with Gasteiger partial charge in [0.1, 0.15) is 11.3 Å². The molecule has 4 rings (SSSR count). The number of hydrogen-bond donors (Lipinski definition) is 1. The number of carbonyl (C=O) groups is 1. The van der Waals surface area contributed by atoms with Crippen molar-refractivity contribution in [2.24, 2.45) is 5.10 Å². The van der Waals surface area contributed by atoms with Gasteiger partial charge in [0.15, 0.2) is 5.76 Å². The first-order valence-electron chi connectivity index (χ1n) is 9.91. The summed E-state index contributed by atoms with van der Waals surface area (Å²) in [5.41, 5.74) is 7.34. The van der Waals surface area contributed by atoms with E-state index in [0.717, 1.165) is 33.8 Å². The lowest BCUT2D eigenvalue weighted by molar-refractivity contribution is 0.0929. The number of nitrogens with zero attached hydrogens (tertiary/aromatic N) is 2. The largest absolute Gasteiger partial charge is 0.494 e. The fourth-order valence-electron chi connectivity index (χ4n) is 3.54. The number of hydrogen-bond acceptors (Lipinski definition) is 4. The zero-order valence-electron chi connectivity index (χ0n) is 17.5. The first kappa shape index (κ1) is 21.2. The topological polar surface area (TPSA) is 68.8 Å². The molecule has 4 aromatic rings. The molecule has 1 amide bonds. The van der Waals surface area contributed by atoms with E-state index < -0.39 is 5.91 Å². The normalized spacial score (nSPS) is 11.4. The van der Waals surface area contributed by atoms with Crippen LogP contribution in [0.5, 0.6) is 5.75 Å². The van der Waals surface area contributed by atoms with E-state index in [1.54, 1.807) is 18.3 Å². The van der Waals surface area contributed by atoms with Gasteiger partial charge in [0.2, 0.25) is 0 Å². The van der Waals surface area contributed by atoms with Gasteiger partial charge in [-0.2, -0.15) is 5.10 Å². The second kappa shape index (κ2) is 8.97. The molecule has 31 heavy (non-hydrogen) atoms. The van der Waals surface area contributed by atoms with Crippen LogP contribution < -0.4 is 10.2 Å². The summed E-state index contributed by atoms with van der Waals surface area (Å²) in [6.45, 7) is 6.59. The van der Waals surface area contributed by atoms with E-state index in [1.165, 1.54) is 3.57 Å². The van der Waals surface area contributed by atoms with Crippen LogP contribution in [-0.2, 0) is 0 Å². The Kier molecular flexibility index (Phi) is 6.13. The van der Waals surface area contributed by atoms with Gasteiger partial charge in [-0.05, 0) is 91.9 Å². The minimum Gasteiger partial charge on any atom is -0.494 e. The average Bonchev–Trinajstić information content (AvgIpc) is 3.28. The van der Waals surface area contributed by atoms with Gasteiger partial charge in [0.05, 0.1) is 12.8 Å². The highest BCUT2D eigenvalue weighted by Gasteiger charge is 2.13. The smallest absolute Gasteiger partial charge is 0.307 e. The molecular formula is C24H22IN3O3. The highest BCUT2D eigenvalue weighted by molar-refractivity contribution is 14.1. The lowest BCUT2D eigenvalue weighted by Gasteiger charge is -2.09. The molecule has 0 aliphatic rings. The maximum Gasteiger partial charge on any atom is 0.307 e. The second-order valence-electron chi connectivity index (χ2n) is 7.08. The SMILES string of the molecule is CCOc1ccc2oc(C(=O)N/N=C/c3cc(C)n(-c4cccc(I)c4)c3C)cc2c1. The fraction of sp³-hybridized carbons (Fsp3) is 0.167. The summed E-state index contributed by atoms with van der Waals surface area (Å²) >= 11 is 2.31. The van der Waals surface area contributed by atoms with E-state index in [9.17, 15) is 4.79 Å². The van der Waals surface area contributed by atoms with Crippen LogP contribution in [-0.4, -0.2) is 23.3 Å². The lowest BCUT2D eigenvalue weighted by atomic mass is 10.2. The van der Waals surface area contributed by atoms with Crippen LogP contribution in [0, 0.1) is 17.4 Å². The van der Waals surface area contributed by atoms with Crippen LogP contribution in [0.4, 0.5) is 0 Å². The number of halogens is 1. The Balaban J connectivity index is 1.50. The summed E-state index contributed by atoms with van der Waals surface area (Å²) in [6, 6.07) is 17.5. The van der Waals surface area contributed by atoms with Gasteiger partial charge < -0.3 is 13.7 Å². The summed E-state index contributed by atoms with van der Waals surface area (Å²) < 4.78 is 14.5. The number of aryl methyl sites for hydroxylation is 1. The molecule has 6 nitrogen and oxygen atoms in total. The third kappa shape index (κ3) is 4.51. The number of furan rings is 1. The Labute approximate surface area is 194 Å². The molecule has 0 fully saturated rings. The van der Waals surface area contributed by atoms with Crippen molar-refractivity contribution in [3.8, 4) is 11.4 Å². The van der Waals surface area contributed by atoms with Gasteiger partial charge in [0, 0.05) is 31.6 Å². The van der Waals surface area contributed by atoms with Gasteiger partial charge in [0.25, 0.3) is 0 Å². The van der Waals surface area contributed by atoms with Crippen LogP contribution in [0.1, 0.15) is 34.4 Å². The van der Waals surface area contributed by atoms with E-state index in [4.69, 9.17) is 9.15 Å². The average molecular weight is 527 g/mol. The van der Waals surface area contributed by atoms with Crippen molar-refractivity contribution in [1.82, 2.24) is 9.99 Å². The predicted octanol–water partition coefficient (Wildman–Crippen LogP) is 5.61. The van der Waals surface area contributed by atoms with Gasteiger partial charge >= 0.3 is 5.91 Å². The van der Waals surface area contributed by atoms with Crippen LogP contribution >= 0.6 is 22.6 Å². The third-order valence-electron chi connectivity index (χ3n) is 4.93. The number of rotatable bonds is 6. The molecule has 0 saturated heterocycles. The maximum atomic E-state index is 12.5. The molecule has 1 N–H and O–H groups in total. The lowest BCUT2D eigenvalue weighted by Crippen LogP contribution is -2.16. The number of benzene rings is 2. The van der Waals surface area contributed by atoms with E-state index in [1.807, 2.05) is 45.0 Å². The Bertz CT molecular complexity index is 1290. The van der Waals surface area contributed by atoms with Crippen molar-refractivity contribution in [1.29, 1.82) is 0 Å². The van der Waals surface area contributed by atoms with Gasteiger partial charge in [-0.25, -0.2) is 5.43 Å². The molecule has 2 aromatic carbocycles. The zero-order valence-corrected chi connectivity index (χ0v) is 19.6. The third-order valence-corrected chi connectivity index (χ3v) is 5.60. The molecule has 2 aromatic heterocycles. The maximum absolute atomic E-state index is 12.5. The molecule has 0 bridgehead atoms. The minimum atomic E-state index is -0.406. The van der Waals surface area contributed by atoms with Crippen molar-refractivity contribution < 1.29 is 13.9 Å². The summed E-state index contributed by atoms with van der Waals surface area (Å²) in [4.78, 5) is 12.5. The Morgan fingerprint density at radius 1 is 1.19 bits per heavy atom. The number of nitrogens with one attached hydrogen (secondary N) is 1. The number of carbonyl (C=O) groups excluding carboxylic acids is 1. The van der Waals surface area contributed by atoms with E-state index in [2.05, 4.69) is 55.9 Å². The molecule has 7 heteroatoms. The number of amides is 1. The Morgan fingerprint density at radius 2 is 2.03 bits per heavy atom.